The number of primary amides is 1. The van der Waals surface area contributed by atoms with E-state index in [4.69, 9.17) is 5.73 Å². The Balaban J connectivity index is 1.98. The number of carbonyl (C=O) groups excluding carboxylic acids is 1. The molecule has 0 unspecified atom stereocenters. The predicted octanol–water partition coefficient (Wildman–Crippen LogP) is -0.257. The van der Waals surface area contributed by atoms with Crippen molar-refractivity contribution in [2.24, 2.45) is 5.73 Å². The summed E-state index contributed by atoms with van der Waals surface area (Å²) in [5.74, 6) is 0.507. The van der Waals surface area contributed by atoms with Crippen LogP contribution in [0.1, 0.15) is 0 Å². The lowest BCUT2D eigenvalue weighted by molar-refractivity contribution is 0.249. The lowest BCUT2D eigenvalue weighted by atomic mass is 10.3. The first-order valence-corrected chi connectivity index (χ1v) is 5.38. The summed E-state index contributed by atoms with van der Waals surface area (Å²) in [6.07, 6.45) is 0. The molecule has 2 amide bonds. The Bertz CT molecular complexity index is 510. The summed E-state index contributed by atoms with van der Waals surface area (Å²) in [6.45, 7) is 0.882. The SMILES string of the molecule is NC(=O)NCCNc1nnnn1-c1ccccc1. The molecule has 0 fully saturated rings. The van der Waals surface area contributed by atoms with Gasteiger partial charge in [0.05, 0.1) is 5.69 Å². The van der Waals surface area contributed by atoms with E-state index in [-0.39, 0.29) is 0 Å². The molecule has 1 heterocycles. The molecule has 2 rings (SSSR count). The quantitative estimate of drug-likeness (QED) is 0.630. The number of tetrazole rings is 1. The van der Waals surface area contributed by atoms with Crippen LogP contribution in [0.4, 0.5) is 10.7 Å². The Morgan fingerprint density at radius 2 is 2.06 bits per heavy atom. The van der Waals surface area contributed by atoms with Gasteiger partial charge in [-0.3, -0.25) is 0 Å². The molecule has 8 heteroatoms. The molecule has 0 aliphatic rings. The molecular weight excluding hydrogens is 234 g/mol. The number of anilines is 1. The molecule has 18 heavy (non-hydrogen) atoms. The van der Waals surface area contributed by atoms with Crippen molar-refractivity contribution in [3.8, 4) is 5.69 Å². The summed E-state index contributed by atoms with van der Waals surface area (Å²) in [6, 6.07) is 8.94. The van der Waals surface area contributed by atoms with Crippen molar-refractivity contribution < 1.29 is 4.79 Å². The number of hydrogen-bond acceptors (Lipinski definition) is 5. The minimum absolute atomic E-state index is 0.400. The molecule has 0 radical (unpaired) electrons. The minimum atomic E-state index is -0.556. The maximum Gasteiger partial charge on any atom is 0.312 e. The van der Waals surface area contributed by atoms with Gasteiger partial charge in [0.1, 0.15) is 0 Å². The normalized spacial score (nSPS) is 10.0. The molecule has 1 aromatic heterocycles. The highest BCUT2D eigenvalue weighted by Crippen LogP contribution is 2.09. The average Bonchev–Trinajstić information content (AvgIpc) is 2.84. The Morgan fingerprint density at radius 1 is 1.28 bits per heavy atom. The number of amides is 2. The van der Waals surface area contributed by atoms with E-state index in [9.17, 15) is 4.79 Å². The van der Waals surface area contributed by atoms with Crippen molar-refractivity contribution in [1.82, 2.24) is 25.5 Å². The van der Waals surface area contributed by atoms with Gasteiger partial charge in [0, 0.05) is 13.1 Å². The lowest BCUT2D eigenvalue weighted by Gasteiger charge is -2.06. The van der Waals surface area contributed by atoms with E-state index >= 15 is 0 Å². The van der Waals surface area contributed by atoms with E-state index in [2.05, 4.69) is 26.2 Å². The van der Waals surface area contributed by atoms with Crippen molar-refractivity contribution in [1.29, 1.82) is 0 Å². The fourth-order valence-electron chi connectivity index (χ4n) is 1.40. The molecule has 0 spiro atoms. The number of rotatable bonds is 5. The Hall–Kier alpha value is -2.64. The van der Waals surface area contributed by atoms with Crippen molar-refractivity contribution in [3.05, 3.63) is 30.3 Å². The van der Waals surface area contributed by atoms with Crippen LogP contribution in [0.2, 0.25) is 0 Å². The minimum Gasteiger partial charge on any atom is -0.352 e. The number of hydrogen-bond donors (Lipinski definition) is 3. The second-order valence-electron chi connectivity index (χ2n) is 3.47. The standard InChI is InChI=1S/C10H13N7O/c11-9(18)12-6-7-13-10-14-15-16-17(10)8-4-2-1-3-5-8/h1-5H,6-7H2,(H3,11,12,18)(H,13,14,16). The maximum absolute atomic E-state index is 10.5. The third kappa shape index (κ3) is 2.94. The average molecular weight is 247 g/mol. The van der Waals surface area contributed by atoms with Crippen LogP contribution < -0.4 is 16.4 Å². The third-order valence-corrected chi connectivity index (χ3v) is 2.18. The second kappa shape index (κ2) is 5.62. The number of nitrogens with zero attached hydrogens (tertiary/aromatic N) is 4. The highest BCUT2D eigenvalue weighted by molar-refractivity contribution is 5.71. The molecule has 0 atom stereocenters. The number of benzene rings is 1. The van der Waals surface area contributed by atoms with Crippen LogP contribution >= 0.6 is 0 Å². The van der Waals surface area contributed by atoms with Crippen LogP contribution in [0.3, 0.4) is 0 Å². The van der Waals surface area contributed by atoms with Crippen LogP contribution in [-0.2, 0) is 0 Å². The van der Waals surface area contributed by atoms with E-state index in [1.54, 1.807) is 4.68 Å². The van der Waals surface area contributed by atoms with Crippen LogP contribution in [0, 0.1) is 0 Å². The molecule has 0 bridgehead atoms. The van der Waals surface area contributed by atoms with E-state index in [1.165, 1.54) is 0 Å². The molecule has 8 nitrogen and oxygen atoms in total. The summed E-state index contributed by atoms with van der Waals surface area (Å²) in [4.78, 5) is 10.5. The topological polar surface area (TPSA) is 111 Å². The van der Waals surface area contributed by atoms with Crippen molar-refractivity contribution in [3.63, 3.8) is 0 Å². The first-order valence-electron chi connectivity index (χ1n) is 5.38. The highest BCUT2D eigenvalue weighted by Gasteiger charge is 2.06. The summed E-state index contributed by atoms with van der Waals surface area (Å²) in [5.41, 5.74) is 5.80. The van der Waals surface area contributed by atoms with Gasteiger partial charge in [-0.2, -0.15) is 4.68 Å². The van der Waals surface area contributed by atoms with Gasteiger partial charge in [-0.15, -0.1) is 0 Å². The molecule has 0 saturated heterocycles. The zero-order chi connectivity index (χ0) is 12.8. The Labute approximate surface area is 103 Å². The molecule has 0 aliphatic heterocycles. The molecule has 1 aromatic carbocycles. The number of aromatic nitrogens is 4. The molecule has 0 saturated carbocycles. The fourth-order valence-corrected chi connectivity index (χ4v) is 1.40. The van der Waals surface area contributed by atoms with Crippen LogP contribution in [0.25, 0.3) is 5.69 Å². The van der Waals surface area contributed by atoms with Gasteiger partial charge in [0.15, 0.2) is 0 Å². The van der Waals surface area contributed by atoms with Gasteiger partial charge in [0.2, 0.25) is 5.95 Å². The predicted molar refractivity (Wildman–Crippen MR) is 65.2 cm³/mol. The number of carbonyl (C=O) groups is 1. The third-order valence-electron chi connectivity index (χ3n) is 2.18. The molecule has 94 valence electrons. The molecule has 0 aliphatic carbocycles. The largest absolute Gasteiger partial charge is 0.352 e. The first-order chi connectivity index (χ1) is 8.77. The second-order valence-corrected chi connectivity index (χ2v) is 3.47. The Kier molecular flexibility index (Phi) is 3.69. The van der Waals surface area contributed by atoms with E-state index < -0.39 is 6.03 Å². The van der Waals surface area contributed by atoms with Crippen LogP contribution in [0.15, 0.2) is 30.3 Å². The van der Waals surface area contributed by atoms with E-state index in [1.807, 2.05) is 30.3 Å². The molecular formula is C10H13N7O. The number of para-hydroxylation sites is 1. The van der Waals surface area contributed by atoms with Gasteiger partial charge in [-0.05, 0) is 22.6 Å². The van der Waals surface area contributed by atoms with Crippen LogP contribution in [0.5, 0.6) is 0 Å². The van der Waals surface area contributed by atoms with Gasteiger partial charge in [-0.25, -0.2) is 4.79 Å². The Morgan fingerprint density at radius 3 is 2.78 bits per heavy atom. The highest BCUT2D eigenvalue weighted by atomic mass is 16.2. The summed E-state index contributed by atoms with van der Waals surface area (Å²) < 4.78 is 1.57. The van der Waals surface area contributed by atoms with Crippen molar-refractivity contribution in [2.45, 2.75) is 0 Å². The van der Waals surface area contributed by atoms with Gasteiger partial charge < -0.3 is 16.4 Å². The summed E-state index contributed by atoms with van der Waals surface area (Å²) >= 11 is 0. The summed E-state index contributed by atoms with van der Waals surface area (Å²) in [7, 11) is 0. The zero-order valence-electron chi connectivity index (χ0n) is 9.58. The van der Waals surface area contributed by atoms with Crippen molar-refractivity contribution in [2.75, 3.05) is 18.4 Å². The number of urea groups is 1. The molecule has 4 N–H and O–H groups in total. The summed E-state index contributed by atoms with van der Waals surface area (Å²) in [5, 5.41) is 16.8. The van der Waals surface area contributed by atoms with Gasteiger partial charge in [-0.1, -0.05) is 23.3 Å². The molecule has 2 aromatic rings. The van der Waals surface area contributed by atoms with Gasteiger partial charge >= 0.3 is 6.03 Å². The zero-order valence-corrected chi connectivity index (χ0v) is 9.58. The lowest BCUT2D eigenvalue weighted by Crippen LogP contribution is -2.33. The smallest absolute Gasteiger partial charge is 0.312 e. The van der Waals surface area contributed by atoms with Crippen LogP contribution in [-0.4, -0.2) is 39.3 Å². The first kappa shape index (κ1) is 11.8. The number of nitrogens with one attached hydrogen (secondary N) is 2. The monoisotopic (exact) mass is 247 g/mol. The van der Waals surface area contributed by atoms with Crippen molar-refractivity contribution >= 4 is 12.0 Å². The maximum atomic E-state index is 10.5. The van der Waals surface area contributed by atoms with E-state index in [0.717, 1.165) is 5.69 Å². The fraction of sp³-hybridized carbons (Fsp3) is 0.200. The van der Waals surface area contributed by atoms with Gasteiger partial charge in [0.25, 0.3) is 0 Å². The van der Waals surface area contributed by atoms with E-state index in [0.29, 0.717) is 19.0 Å². The number of nitrogens with two attached hydrogens (primary N) is 1.